The van der Waals surface area contributed by atoms with E-state index < -0.39 is 11.1 Å². The maximum absolute atomic E-state index is 12.3. The summed E-state index contributed by atoms with van der Waals surface area (Å²) in [6.45, 7) is 12.6. The van der Waals surface area contributed by atoms with E-state index in [0.717, 1.165) is 22.2 Å². The zero-order valence-corrected chi connectivity index (χ0v) is 17.8. The van der Waals surface area contributed by atoms with Crippen LogP contribution in [0.5, 0.6) is 0 Å². The van der Waals surface area contributed by atoms with Crippen molar-refractivity contribution in [1.82, 2.24) is 9.61 Å². The molecule has 0 saturated heterocycles. The lowest BCUT2D eigenvalue weighted by Gasteiger charge is -2.24. The van der Waals surface area contributed by atoms with Crippen LogP contribution in [0.1, 0.15) is 44.4 Å². The number of aryl methyl sites for hydroxylation is 2. The first-order valence-electron chi connectivity index (χ1n) is 8.93. The van der Waals surface area contributed by atoms with Crippen LogP contribution in [0, 0.1) is 13.8 Å². The van der Waals surface area contributed by atoms with E-state index in [1.54, 1.807) is 0 Å². The van der Waals surface area contributed by atoms with Crippen LogP contribution in [0.2, 0.25) is 0 Å². The molecule has 0 bridgehead atoms. The van der Waals surface area contributed by atoms with Gasteiger partial charge in [0.1, 0.15) is 0 Å². The van der Waals surface area contributed by atoms with Crippen molar-refractivity contribution in [2.45, 2.75) is 51.9 Å². The number of benzene rings is 1. The van der Waals surface area contributed by atoms with E-state index in [-0.39, 0.29) is 10.9 Å². The monoisotopic (exact) mass is 390 g/mol. The zero-order chi connectivity index (χ0) is 19.3. The van der Waals surface area contributed by atoms with Crippen molar-refractivity contribution in [2.75, 3.05) is 6.61 Å². The molecule has 0 aliphatic heterocycles. The summed E-state index contributed by atoms with van der Waals surface area (Å²) in [5, 5.41) is 4.36. The lowest BCUT2D eigenvalue weighted by atomic mass is 9.87. The highest BCUT2D eigenvalue weighted by atomic mass is 32.2. The van der Waals surface area contributed by atoms with Gasteiger partial charge in [0.2, 0.25) is 0 Å². The molecular formula is C21H30N2O3S. The summed E-state index contributed by atoms with van der Waals surface area (Å²) >= 11 is -1.46. The van der Waals surface area contributed by atoms with Crippen molar-refractivity contribution in [3.8, 4) is 0 Å². The van der Waals surface area contributed by atoms with Crippen molar-refractivity contribution in [3.05, 3.63) is 65.5 Å². The highest BCUT2D eigenvalue weighted by molar-refractivity contribution is 7.80. The van der Waals surface area contributed by atoms with Gasteiger partial charge in [-0.15, -0.1) is 0 Å². The second kappa shape index (κ2) is 9.78. The van der Waals surface area contributed by atoms with Crippen molar-refractivity contribution >= 4 is 16.6 Å². The van der Waals surface area contributed by atoms with Crippen LogP contribution >= 0.6 is 0 Å². The summed E-state index contributed by atoms with van der Waals surface area (Å²) in [5.74, 6) is 0. The molecule has 6 heteroatoms. The molecule has 0 fully saturated rings. The van der Waals surface area contributed by atoms with E-state index in [0.29, 0.717) is 11.5 Å². The molecule has 0 aliphatic rings. The molecule has 0 spiro atoms. The van der Waals surface area contributed by atoms with E-state index in [9.17, 15) is 4.21 Å². The van der Waals surface area contributed by atoms with Gasteiger partial charge >= 0.3 is 0 Å². The smallest absolute Gasteiger partial charge is 0.189 e. The number of aromatic nitrogens is 2. The summed E-state index contributed by atoms with van der Waals surface area (Å²) in [6, 6.07) is 11.7. The minimum atomic E-state index is -1.46. The topological polar surface area (TPSA) is 75.1 Å². The first-order valence-corrected chi connectivity index (χ1v) is 10.0. The molecule has 5 nitrogen and oxygen atoms in total. The number of nitrogens with zero attached hydrogens (tertiary/aromatic N) is 2. The molecule has 2 aromatic heterocycles. The molecule has 3 rings (SSSR count). The molecule has 27 heavy (non-hydrogen) atoms. The lowest BCUT2D eigenvalue weighted by molar-refractivity contribution is 0.262. The molecular weight excluding hydrogens is 360 g/mol. The maximum atomic E-state index is 12.3. The average Bonchev–Trinajstić information content (AvgIpc) is 3.02. The Morgan fingerprint density at radius 2 is 1.70 bits per heavy atom. The Hall–Kier alpha value is -2.02. The van der Waals surface area contributed by atoms with Gasteiger partial charge in [-0.05, 0) is 43.2 Å². The van der Waals surface area contributed by atoms with Gasteiger partial charge in [0.15, 0.2) is 11.1 Å². The van der Waals surface area contributed by atoms with Crippen LogP contribution in [-0.2, 0) is 20.7 Å². The first-order chi connectivity index (χ1) is 12.4. The standard InChI is InChI=1S/C19H22N2O2S.C2H6.H2O/c1-14-5-8-17(9-6-14)24(22)23-13-19(3,4)16-7-10-18-15(2)11-20-21(18)12-16;1-2;/h5-12H,13H2,1-4H3;1-2H3;1H2. The number of hydrogen-bond acceptors (Lipinski definition) is 3. The number of rotatable bonds is 5. The van der Waals surface area contributed by atoms with Gasteiger partial charge in [0.05, 0.1) is 23.2 Å². The molecule has 2 heterocycles. The summed E-state index contributed by atoms with van der Waals surface area (Å²) in [4.78, 5) is 0.689. The Kier molecular flexibility index (Phi) is 8.34. The first kappa shape index (κ1) is 23.0. The van der Waals surface area contributed by atoms with Gasteiger partial charge in [-0.3, -0.25) is 4.18 Å². The molecule has 2 N–H and O–H groups in total. The van der Waals surface area contributed by atoms with E-state index in [1.807, 2.05) is 68.9 Å². The fourth-order valence-electron chi connectivity index (χ4n) is 2.51. The van der Waals surface area contributed by atoms with E-state index in [2.05, 4.69) is 31.1 Å². The fourth-order valence-corrected chi connectivity index (χ4v) is 3.41. The molecule has 1 aromatic carbocycles. The zero-order valence-electron chi connectivity index (χ0n) is 16.9. The van der Waals surface area contributed by atoms with Crippen LogP contribution in [0.3, 0.4) is 0 Å². The number of hydrogen-bond donors (Lipinski definition) is 0. The molecule has 148 valence electrons. The van der Waals surface area contributed by atoms with Crippen LogP contribution in [-0.4, -0.2) is 25.9 Å². The lowest BCUT2D eigenvalue weighted by Crippen LogP contribution is -2.25. The highest BCUT2D eigenvalue weighted by Gasteiger charge is 2.23. The van der Waals surface area contributed by atoms with Crippen molar-refractivity contribution < 1.29 is 13.9 Å². The van der Waals surface area contributed by atoms with Gasteiger partial charge in [-0.2, -0.15) is 5.10 Å². The van der Waals surface area contributed by atoms with Gasteiger partial charge < -0.3 is 5.48 Å². The number of fused-ring (bicyclic) bond motifs is 1. The van der Waals surface area contributed by atoms with E-state index in [1.165, 1.54) is 0 Å². The fraction of sp³-hybridized carbons (Fsp3) is 0.381. The molecule has 1 unspecified atom stereocenters. The van der Waals surface area contributed by atoms with Gasteiger partial charge in [-0.1, -0.05) is 51.5 Å². The second-order valence-electron chi connectivity index (χ2n) is 6.77. The van der Waals surface area contributed by atoms with Crippen LogP contribution < -0.4 is 0 Å². The minimum Gasteiger partial charge on any atom is -0.412 e. The third-order valence-electron chi connectivity index (χ3n) is 4.23. The van der Waals surface area contributed by atoms with Crippen LogP contribution in [0.25, 0.3) is 5.52 Å². The Morgan fingerprint density at radius 3 is 2.33 bits per heavy atom. The molecule has 3 aromatic rings. The average molecular weight is 391 g/mol. The van der Waals surface area contributed by atoms with E-state index >= 15 is 0 Å². The van der Waals surface area contributed by atoms with E-state index in [4.69, 9.17) is 4.18 Å². The Labute approximate surface area is 164 Å². The van der Waals surface area contributed by atoms with Crippen molar-refractivity contribution in [3.63, 3.8) is 0 Å². The highest BCUT2D eigenvalue weighted by Crippen LogP contribution is 2.25. The van der Waals surface area contributed by atoms with Crippen LogP contribution in [0.4, 0.5) is 0 Å². The Bertz CT molecular complexity index is 886. The quantitative estimate of drug-likeness (QED) is 0.656. The normalized spacial score (nSPS) is 12.1. The van der Waals surface area contributed by atoms with Gasteiger partial charge in [0.25, 0.3) is 0 Å². The maximum Gasteiger partial charge on any atom is 0.189 e. The van der Waals surface area contributed by atoms with Crippen molar-refractivity contribution in [2.24, 2.45) is 0 Å². The Balaban J connectivity index is 0.00000118. The predicted octanol–water partition coefficient (Wildman–Crippen LogP) is 4.17. The molecule has 0 saturated carbocycles. The van der Waals surface area contributed by atoms with Gasteiger partial charge in [-0.25, -0.2) is 8.72 Å². The largest absolute Gasteiger partial charge is 0.412 e. The van der Waals surface area contributed by atoms with Gasteiger partial charge in [0, 0.05) is 11.6 Å². The Morgan fingerprint density at radius 1 is 1.07 bits per heavy atom. The predicted molar refractivity (Wildman–Crippen MR) is 111 cm³/mol. The van der Waals surface area contributed by atoms with Crippen LogP contribution in [0.15, 0.2) is 53.7 Å². The summed E-state index contributed by atoms with van der Waals surface area (Å²) < 4.78 is 19.8. The summed E-state index contributed by atoms with van der Waals surface area (Å²) in [7, 11) is 0. The minimum absolute atomic E-state index is 0. The molecule has 0 amide bonds. The third kappa shape index (κ3) is 5.48. The number of pyridine rings is 1. The molecule has 0 aliphatic carbocycles. The molecule has 0 radical (unpaired) electrons. The SMILES string of the molecule is CC.Cc1ccc(S(=O)OCC(C)(C)c2ccc3c(C)cnn3c2)cc1.O. The summed E-state index contributed by atoms with van der Waals surface area (Å²) in [5.41, 5.74) is 4.21. The summed E-state index contributed by atoms with van der Waals surface area (Å²) in [6.07, 6.45) is 3.87. The van der Waals surface area contributed by atoms with Crippen molar-refractivity contribution in [1.29, 1.82) is 0 Å². The third-order valence-corrected chi connectivity index (χ3v) is 5.22. The molecule has 1 atom stereocenters. The second-order valence-corrected chi connectivity index (χ2v) is 7.95.